The van der Waals surface area contributed by atoms with E-state index in [1.807, 2.05) is 6.92 Å². The maximum atomic E-state index is 9.81. The second kappa shape index (κ2) is 7.46. The number of hydrogen-bond acceptors (Lipinski definition) is 1. The molecule has 3 unspecified atom stereocenters. The number of aryl methyl sites for hydroxylation is 1. The van der Waals surface area contributed by atoms with E-state index in [0.29, 0.717) is 11.8 Å². The fraction of sp³-hybridized carbons (Fsp3) is 0.619. The van der Waals surface area contributed by atoms with Crippen molar-refractivity contribution >= 4 is 6.08 Å². The molecule has 0 aliphatic heterocycles. The van der Waals surface area contributed by atoms with Gasteiger partial charge in [0.2, 0.25) is 0 Å². The van der Waals surface area contributed by atoms with Gasteiger partial charge in [0.25, 0.3) is 0 Å². The zero-order chi connectivity index (χ0) is 16.3. The summed E-state index contributed by atoms with van der Waals surface area (Å²) in [5.41, 5.74) is 5.91. The molecule has 0 saturated carbocycles. The van der Waals surface area contributed by atoms with E-state index in [9.17, 15) is 5.11 Å². The van der Waals surface area contributed by atoms with Crippen LogP contribution in [0.5, 0.6) is 0 Å². The number of rotatable bonds is 5. The summed E-state index contributed by atoms with van der Waals surface area (Å²) in [7, 11) is 0. The number of fused-ring (bicyclic) bond motifs is 1. The third-order valence-corrected chi connectivity index (χ3v) is 5.12. The Morgan fingerprint density at radius 2 is 2.05 bits per heavy atom. The first-order chi connectivity index (χ1) is 10.4. The number of aliphatic hydroxyl groups is 1. The Balaban J connectivity index is 2.26. The van der Waals surface area contributed by atoms with E-state index < -0.39 is 0 Å². The normalized spacial score (nSPS) is 24.3. The van der Waals surface area contributed by atoms with Crippen molar-refractivity contribution in [2.75, 3.05) is 0 Å². The lowest BCUT2D eigenvalue weighted by Crippen LogP contribution is -2.16. The minimum atomic E-state index is -0.176. The molecular formula is C21H32O. The lowest BCUT2D eigenvalue weighted by atomic mass is 9.75. The van der Waals surface area contributed by atoms with Crippen LogP contribution < -0.4 is 0 Å². The molecule has 0 bridgehead atoms. The highest BCUT2D eigenvalue weighted by molar-refractivity contribution is 5.61. The first kappa shape index (κ1) is 17.3. The molecule has 4 atom stereocenters. The van der Waals surface area contributed by atoms with Gasteiger partial charge in [0.15, 0.2) is 0 Å². The van der Waals surface area contributed by atoms with Crippen LogP contribution in [-0.2, 0) is 6.42 Å². The molecule has 0 spiro atoms. The zero-order valence-electron chi connectivity index (χ0n) is 14.9. The molecule has 1 aromatic carbocycles. The first-order valence-corrected chi connectivity index (χ1v) is 8.91. The number of allylic oxidation sites excluding steroid dienone is 1. The van der Waals surface area contributed by atoms with Gasteiger partial charge in [0.1, 0.15) is 0 Å². The molecule has 0 amide bonds. The molecule has 0 radical (unpaired) electrons. The minimum absolute atomic E-state index is 0.176. The van der Waals surface area contributed by atoms with E-state index in [0.717, 1.165) is 18.8 Å². The van der Waals surface area contributed by atoms with Gasteiger partial charge in [-0.25, -0.2) is 0 Å². The highest BCUT2D eigenvalue weighted by Crippen LogP contribution is 2.38. The van der Waals surface area contributed by atoms with Crippen molar-refractivity contribution in [2.24, 2.45) is 11.8 Å². The van der Waals surface area contributed by atoms with Crippen molar-refractivity contribution < 1.29 is 5.11 Å². The standard InChI is InChI=1S/C21H32O/c1-6-19(22)13-14(2)7-10-20-16(4)8-9-18-12-15(3)11-17(5)21(18)20/h7-10,14-15,17,19,22H,6,11-13H2,1-5H3/b10-7+/t14?,15-,17?,19?/m0/s1. The van der Waals surface area contributed by atoms with Crippen LogP contribution in [0.25, 0.3) is 6.08 Å². The largest absolute Gasteiger partial charge is 0.393 e. The van der Waals surface area contributed by atoms with E-state index in [-0.39, 0.29) is 6.10 Å². The number of aliphatic hydroxyl groups excluding tert-OH is 1. The molecular weight excluding hydrogens is 268 g/mol. The molecule has 0 heterocycles. The summed E-state index contributed by atoms with van der Waals surface area (Å²) in [5.74, 6) is 1.86. The molecule has 122 valence electrons. The quantitative estimate of drug-likeness (QED) is 0.762. The fourth-order valence-electron chi connectivity index (χ4n) is 3.89. The first-order valence-electron chi connectivity index (χ1n) is 8.91. The summed E-state index contributed by atoms with van der Waals surface area (Å²) >= 11 is 0. The van der Waals surface area contributed by atoms with E-state index >= 15 is 0 Å². The van der Waals surface area contributed by atoms with Crippen LogP contribution in [-0.4, -0.2) is 11.2 Å². The topological polar surface area (TPSA) is 20.2 Å². The predicted octanol–water partition coefficient (Wildman–Crippen LogP) is 5.49. The van der Waals surface area contributed by atoms with Gasteiger partial charge in [-0.3, -0.25) is 0 Å². The lowest BCUT2D eigenvalue weighted by molar-refractivity contribution is 0.149. The van der Waals surface area contributed by atoms with Crippen LogP contribution >= 0.6 is 0 Å². The van der Waals surface area contributed by atoms with E-state index in [1.54, 1.807) is 5.56 Å². The molecule has 0 saturated heterocycles. The Hall–Kier alpha value is -1.08. The van der Waals surface area contributed by atoms with Crippen LogP contribution in [0.1, 0.15) is 75.1 Å². The maximum Gasteiger partial charge on any atom is 0.0543 e. The molecule has 0 fully saturated rings. The van der Waals surface area contributed by atoms with Crippen molar-refractivity contribution in [1.82, 2.24) is 0 Å². The Morgan fingerprint density at radius 3 is 2.73 bits per heavy atom. The third-order valence-electron chi connectivity index (χ3n) is 5.12. The molecule has 1 aliphatic carbocycles. The second-order valence-electron chi connectivity index (χ2n) is 7.45. The van der Waals surface area contributed by atoms with Gasteiger partial charge in [-0.15, -0.1) is 0 Å². The van der Waals surface area contributed by atoms with Gasteiger partial charge >= 0.3 is 0 Å². The van der Waals surface area contributed by atoms with E-state index in [4.69, 9.17) is 0 Å². The molecule has 1 heteroatoms. The van der Waals surface area contributed by atoms with Crippen molar-refractivity contribution in [3.05, 3.63) is 40.5 Å². The molecule has 2 rings (SSSR count). The Bertz CT molecular complexity index is 529. The van der Waals surface area contributed by atoms with Crippen molar-refractivity contribution in [3.63, 3.8) is 0 Å². The Morgan fingerprint density at radius 1 is 1.32 bits per heavy atom. The zero-order valence-corrected chi connectivity index (χ0v) is 14.9. The van der Waals surface area contributed by atoms with Crippen LogP contribution in [0.3, 0.4) is 0 Å². The van der Waals surface area contributed by atoms with Gasteiger partial charge in [-0.1, -0.05) is 52.0 Å². The van der Waals surface area contributed by atoms with Gasteiger partial charge in [-0.2, -0.15) is 0 Å². The number of benzene rings is 1. The van der Waals surface area contributed by atoms with Gasteiger partial charge in [0, 0.05) is 0 Å². The summed E-state index contributed by atoms with van der Waals surface area (Å²) in [5, 5.41) is 9.81. The van der Waals surface area contributed by atoms with Gasteiger partial charge < -0.3 is 5.11 Å². The van der Waals surface area contributed by atoms with Crippen LogP contribution in [0.15, 0.2) is 18.2 Å². The number of hydrogen-bond donors (Lipinski definition) is 1. The van der Waals surface area contributed by atoms with E-state index in [1.165, 1.54) is 29.5 Å². The molecule has 1 aromatic rings. The summed E-state index contributed by atoms with van der Waals surface area (Å²) in [6.45, 7) is 11.2. The highest BCUT2D eigenvalue weighted by Gasteiger charge is 2.24. The SMILES string of the molecule is CCC(O)CC(C)/C=C/c1c(C)ccc2c1C(C)C[C@H](C)C2. The Labute approximate surface area is 136 Å². The van der Waals surface area contributed by atoms with Crippen LogP contribution in [0, 0.1) is 18.8 Å². The molecule has 0 aromatic heterocycles. The highest BCUT2D eigenvalue weighted by atomic mass is 16.3. The van der Waals surface area contributed by atoms with Crippen LogP contribution in [0.2, 0.25) is 0 Å². The average Bonchev–Trinajstić information content (AvgIpc) is 2.46. The van der Waals surface area contributed by atoms with Crippen LogP contribution in [0.4, 0.5) is 0 Å². The summed E-state index contributed by atoms with van der Waals surface area (Å²) in [6, 6.07) is 4.60. The summed E-state index contributed by atoms with van der Waals surface area (Å²) in [6.07, 6.45) is 8.62. The maximum absolute atomic E-state index is 9.81. The molecule has 1 N–H and O–H groups in total. The van der Waals surface area contributed by atoms with E-state index in [2.05, 4.69) is 52.0 Å². The average molecular weight is 300 g/mol. The summed E-state index contributed by atoms with van der Waals surface area (Å²) < 4.78 is 0. The van der Waals surface area contributed by atoms with Crippen molar-refractivity contribution in [1.29, 1.82) is 0 Å². The second-order valence-corrected chi connectivity index (χ2v) is 7.45. The monoisotopic (exact) mass is 300 g/mol. The minimum Gasteiger partial charge on any atom is -0.393 e. The molecule has 1 nitrogen and oxygen atoms in total. The molecule has 22 heavy (non-hydrogen) atoms. The fourth-order valence-corrected chi connectivity index (χ4v) is 3.89. The van der Waals surface area contributed by atoms with Crippen molar-refractivity contribution in [2.45, 2.75) is 72.3 Å². The van der Waals surface area contributed by atoms with Gasteiger partial charge in [0.05, 0.1) is 6.10 Å². The lowest BCUT2D eigenvalue weighted by Gasteiger charge is -2.30. The smallest absolute Gasteiger partial charge is 0.0543 e. The predicted molar refractivity (Wildman–Crippen MR) is 96.2 cm³/mol. The molecule has 1 aliphatic rings. The third kappa shape index (κ3) is 4.01. The van der Waals surface area contributed by atoms with Crippen molar-refractivity contribution in [3.8, 4) is 0 Å². The summed E-state index contributed by atoms with van der Waals surface area (Å²) in [4.78, 5) is 0. The Kier molecular flexibility index (Phi) is 5.86. The van der Waals surface area contributed by atoms with Gasteiger partial charge in [-0.05, 0) is 72.6 Å².